The first-order chi connectivity index (χ1) is 9.97. The number of carbonyl (C=O) groups excluding carboxylic acids is 1. The van der Waals surface area contributed by atoms with Crippen molar-refractivity contribution in [3.05, 3.63) is 0 Å². The number of nitrogens with zero attached hydrogens (tertiary/aromatic N) is 1. The zero-order chi connectivity index (χ0) is 15.3. The van der Waals surface area contributed by atoms with Gasteiger partial charge < -0.3 is 20.1 Å². The first-order valence-electron chi connectivity index (χ1n) is 7.88. The molecule has 6 nitrogen and oxygen atoms in total. The summed E-state index contributed by atoms with van der Waals surface area (Å²) in [6, 6.07) is 0. The molecule has 0 unspecified atom stereocenters. The number of piperidine rings is 1. The SMILES string of the molecule is COC1(C(=O)NCCN2CCOC(C)(C)C2)CCNCC1. The van der Waals surface area contributed by atoms with Crippen molar-refractivity contribution in [2.24, 2.45) is 0 Å². The van der Waals surface area contributed by atoms with Crippen LogP contribution in [0.5, 0.6) is 0 Å². The summed E-state index contributed by atoms with van der Waals surface area (Å²) in [5, 5.41) is 6.31. The summed E-state index contributed by atoms with van der Waals surface area (Å²) in [4.78, 5) is 14.8. The Bertz CT molecular complexity index is 354. The lowest BCUT2D eigenvalue weighted by Crippen LogP contribution is -2.55. The van der Waals surface area contributed by atoms with Crippen molar-refractivity contribution in [3.8, 4) is 0 Å². The summed E-state index contributed by atoms with van der Waals surface area (Å²) < 4.78 is 11.2. The Morgan fingerprint density at radius 3 is 2.71 bits per heavy atom. The van der Waals surface area contributed by atoms with E-state index in [1.165, 1.54) is 0 Å². The number of methoxy groups -OCH3 is 1. The van der Waals surface area contributed by atoms with Crippen molar-refractivity contribution in [1.82, 2.24) is 15.5 Å². The van der Waals surface area contributed by atoms with Crippen LogP contribution in [0.1, 0.15) is 26.7 Å². The molecule has 1 amide bonds. The highest BCUT2D eigenvalue weighted by molar-refractivity contribution is 5.85. The Hall–Kier alpha value is -0.690. The lowest BCUT2D eigenvalue weighted by atomic mass is 9.91. The zero-order valence-electron chi connectivity index (χ0n) is 13.5. The molecule has 2 saturated heterocycles. The molecule has 0 saturated carbocycles. The molecule has 0 aromatic heterocycles. The topological polar surface area (TPSA) is 62.8 Å². The highest BCUT2D eigenvalue weighted by atomic mass is 16.5. The van der Waals surface area contributed by atoms with Crippen LogP contribution in [-0.4, -0.2) is 75.0 Å². The minimum atomic E-state index is -0.643. The Morgan fingerprint density at radius 2 is 2.10 bits per heavy atom. The number of rotatable bonds is 5. The number of ether oxygens (including phenoxy) is 2. The lowest BCUT2D eigenvalue weighted by molar-refractivity contribution is -0.146. The molecular weight excluding hydrogens is 270 g/mol. The molecule has 2 heterocycles. The van der Waals surface area contributed by atoms with E-state index < -0.39 is 5.60 Å². The van der Waals surface area contributed by atoms with Crippen LogP contribution in [0.15, 0.2) is 0 Å². The van der Waals surface area contributed by atoms with Gasteiger partial charge in [0.05, 0.1) is 12.2 Å². The van der Waals surface area contributed by atoms with Crippen LogP contribution in [0.3, 0.4) is 0 Å². The van der Waals surface area contributed by atoms with E-state index >= 15 is 0 Å². The van der Waals surface area contributed by atoms with Gasteiger partial charge in [0.15, 0.2) is 0 Å². The quantitative estimate of drug-likeness (QED) is 0.747. The number of carbonyl (C=O) groups is 1. The maximum atomic E-state index is 12.4. The van der Waals surface area contributed by atoms with Crippen LogP contribution >= 0.6 is 0 Å². The summed E-state index contributed by atoms with van der Waals surface area (Å²) in [5.41, 5.74) is -0.736. The molecule has 122 valence electrons. The first-order valence-corrected chi connectivity index (χ1v) is 7.88. The first kappa shape index (κ1) is 16.7. The number of morpholine rings is 1. The van der Waals surface area contributed by atoms with Crippen molar-refractivity contribution in [2.45, 2.75) is 37.9 Å². The second kappa shape index (κ2) is 7.05. The van der Waals surface area contributed by atoms with Crippen LogP contribution in [0.2, 0.25) is 0 Å². The highest BCUT2D eigenvalue weighted by Gasteiger charge is 2.39. The fourth-order valence-electron chi connectivity index (χ4n) is 3.15. The summed E-state index contributed by atoms with van der Waals surface area (Å²) in [5.74, 6) is 0.0269. The van der Waals surface area contributed by atoms with Gasteiger partial charge in [-0.05, 0) is 39.8 Å². The molecule has 2 aliphatic heterocycles. The highest BCUT2D eigenvalue weighted by Crippen LogP contribution is 2.22. The van der Waals surface area contributed by atoms with E-state index in [-0.39, 0.29) is 11.5 Å². The number of amides is 1. The average molecular weight is 299 g/mol. The minimum absolute atomic E-state index is 0.0269. The van der Waals surface area contributed by atoms with Crippen molar-refractivity contribution in [2.75, 3.05) is 53.0 Å². The van der Waals surface area contributed by atoms with Crippen molar-refractivity contribution in [1.29, 1.82) is 0 Å². The van der Waals surface area contributed by atoms with E-state index in [0.29, 0.717) is 6.54 Å². The third kappa shape index (κ3) is 4.39. The molecule has 0 bridgehead atoms. The van der Waals surface area contributed by atoms with E-state index in [4.69, 9.17) is 9.47 Å². The molecule has 0 spiro atoms. The molecule has 21 heavy (non-hydrogen) atoms. The predicted octanol–water partition coefficient (Wildman–Crippen LogP) is -0.0180. The number of hydrogen-bond donors (Lipinski definition) is 2. The van der Waals surface area contributed by atoms with Gasteiger partial charge in [-0.3, -0.25) is 9.69 Å². The molecular formula is C15H29N3O3. The Balaban J connectivity index is 1.76. The van der Waals surface area contributed by atoms with Gasteiger partial charge in [0.2, 0.25) is 0 Å². The summed E-state index contributed by atoms with van der Waals surface area (Å²) in [6.07, 6.45) is 1.47. The van der Waals surface area contributed by atoms with Gasteiger partial charge in [-0.25, -0.2) is 0 Å². The number of nitrogens with one attached hydrogen (secondary N) is 2. The average Bonchev–Trinajstić information content (AvgIpc) is 2.47. The van der Waals surface area contributed by atoms with Gasteiger partial charge in [-0.15, -0.1) is 0 Å². The van der Waals surface area contributed by atoms with E-state index in [1.807, 2.05) is 0 Å². The molecule has 0 radical (unpaired) electrons. The van der Waals surface area contributed by atoms with Gasteiger partial charge in [0.25, 0.3) is 5.91 Å². The molecule has 6 heteroatoms. The van der Waals surface area contributed by atoms with Crippen molar-refractivity contribution < 1.29 is 14.3 Å². The monoisotopic (exact) mass is 299 g/mol. The van der Waals surface area contributed by atoms with Crippen molar-refractivity contribution >= 4 is 5.91 Å². The molecule has 0 aromatic carbocycles. The van der Waals surface area contributed by atoms with E-state index in [0.717, 1.165) is 52.2 Å². The minimum Gasteiger partial charge on any atom is -0.373 e. The number of hydrogen-bond acceptors (Lipinski definition) is 5. The smallest absolute Gasteiger partial charge is 0.252 e. The van der Waals surface area contributed by atoms with Gasteiger partial charge in [-0.2, -0.15) is 0 Å². The van der Waals surface area contributed by atoms with Gasteiger partial charge >= 0.3 is 0 Å². The summed E-state index contributed by atoms with van der Waals surface area (Å²) in [6.45, 7) is 9.98. The standard InChI is InChI=1S/C15H29N3O3/c1-14(2)12-18(10-11-21-14)9-8-17-13(19)15(20-3)4-6-16-7-5-15/h16H,4-12H2,1-3H3,(H,17,19). The molecule has 2 aliphatic rings. The van der Waals surface area contributed by atoms with Crippen molar-refractivity contribution in [3.63, 3.8) is 0 Å². The fourth-order valence-corrected chi connectivity index (χ4v) is 3.15. The molecule has 0 atom stereocenters. The maximum Gasteiger partial charge on any atom is 0.252 e. The lowest BCUT2D eigenvalue weighted by Gasteiger charge is -2.38. The van der Waals surface area contributed by atoms with Crippen LogP contribution in [0.4, 0.5) is 0 Å². The Morgan fingerprint density at radius 1 is 1.38 bits per heavy atom. The van der Waals surface area contributed by atoms with Gasteiger partial charge in [-0.1, -0.05) is 0 Å². The molecule has 0 aromatic rings. The van der Waals surface area contributed by atoms with Gasteiger partial charge in [0, 0.05) is 33.3 Å². The fraction of sp³-hybridized carbons (Fsp3) is 0.933. The van der Waals surface area contributed by atoms with Gasteiger partial charge in [0.1, 0.15) is 5.60 Å². The largest absolute Gasteiger partial charge is 0.373 e. The maximum absolute atomic E-state index is 12.4. The normalized spacial score (nSPS) is 25.5. The zero-order valence-corrected chi connectivity index (χ0v) is 13.5. The van der Waals surface area contributed by atoms with Crippen LogP contribution in [0, 0.1) is 0 Å². The Labute approximate surface area is 127 Å². The second-order valence-electron chi connectivity index (χ2n) is 6.59. The predicted molar refractivity (Wildman–Crippen MR) is 81.3 cm³/mol. The van der Waals surface area contributed by atoms with E-state index in [1.54, 1.807) is 7.11 Å². The third-order valence-electron chi connectivity index (χ3n) is 4.43. The summed E-state index contributed by atoms with van der Waals surface area (Å²) in [7, 11) is 1.63. The molecule has 2 N–H and O–H groups in total. The molecule has 2 rings (SSSR count). The van der Waals surface area contributed by atoms with Crippen LogP contribution < -0.4 is 10.6 Å². The van der Waals surface area contributed by atoms with Crippen LogP contribution in [-0.2, 0) is 14.3 Å². The second-order valence-corrected chi connectivity index (χ2v) is 6.59. The molecule has 0 aliphatic carbocycles. The molecule has 2 fully saturated rings. The Kier molecular flexibility index (Phi) is 5.60. The third-order valence-corrected chi connectivity index (χ3v) is 4.43. The van der Waals surface area contributed by atoms with E-state index in [9.17, 15) is 4.79 Å². The van der Waals surface area contributed by atoms with Crippen LogP contribution in [0.25, 0.3) is 0 Å². The van der Waals surface area contributed by atoms with E-state index in [2.05, 4.69) is 29.4 Å². The summed E-state index contributed by atoms with van der Waals surface area (Å²) >= 11 is 0.